The Bertz CT molecular complexity index is 1470. The van der Waals surface area contributed by atoms with E-state index in [1.54, 1.807) is 28.5 Å². The summed E-state index contributed by atoms with van der Waals surface area (Å²) < 4.78 is 7.87. The Morgan fingerprint density at radius 1 is 1.24 bits per heavy atom. The van der Waals surface area contributed by atoms with Crippen LogP contribution in [0, 0.1) is 18.8 Å². The second-order valence-electron chi connectivity index (χ2n) is 9.63. The number of nitrogens with one attached hydrogen (secondary N) is 1. The molecule has 2 aliphatic rings. The van der Waals surface area contributed by atoms with E-state index < -0.39 is 0 Å². The number of hydrogen-bond acceptors (Lipinski definition) is 3. The summed E-state index contributed by atoms with van der Waals surface area (Å²) in [5, 5.41) is 9.66. The van der Waals surface area contributed by atoms with Crippen LogP contribution in [-0.4, -0.2) is 22.2 Å². The summed E-state index contributed by atoms with van der Waals surface area (Å²) in [5.74, 6) is 0.894. The molecule has 0 spiro atoms. The fourth-order valence-corrected chi connectivity index (χ4v) is 6.05. The van der Waals surface area contributed by atoms with Gasteiger partial charge in [0.05, 0.1) is 10.7 Å². The summed E-state index contributed by atoms with van der Waals surface area (Å²) in [6.07, 6.45) is 8.54. The standard InChI is InChI=1S/C27H25Cl2N3O2/c1-15-5-7-20-23(9-15)34-26-24(31-32(25(20)26)22-8-6-19(28)13-21(22)29)27(33)30-14-18-11-16-3-2-4-17(10-16)12-18/h5-9,11,13,17-18H,2-4,10,12,14H2,1H3,(H,30,33). The third kappa shape index (κ3) is 3.81. The predicted molar refractivity (Wildman–Crippen MR) is 136 cm³/mol. The van der Waals surface area contributed by atoms with Gasteiger partial charge in [-0.15, -0.1) is 0 Å². The first kappa shape index (κ1) is 21.8. The van der Waals surface area contributed by atoms with Gasteiger partial charge in [0.2, 0.25) is 0 Å². The van der Waals surface area contributed by atoms with Gasteiger partial charge in [0.25, 0.3) is 5.91 Å². The average Bonchev–Trinajstić information content (AvgIpc) is 3.34. The maximum Gasteiger partial charge on any atom is 0.275 e. The number of hydrogen-bond donors (Lipinski definition) is 1. The van der Waals surface area contributed by atoms with Crippen LogP contribution in [-0.2, 0) is 0 Å². The van der Waals surface area contributed by atoms with E-state index in [4.69, 9.17) is 27.6 Å². The molecule has 2 atom stereocenters. The average molecular weight is 494 g/mol. The molecule has 2 aromatic heterocycles. The van der Waals surface area contributed by atoms with Crippen LogP contribution in [0.2, 0.25) is 10.0 Å². The third-order valence-corrected chi connectivity index (χ3v) is 7.63. The van der Waals surface area contributed by atoms with E-state index in [1.807, 2.05) is 25.1 Å². The highest BCUT2D eigenvalue weighted by Crippen LogP contribution is 2.38. The Kier molecular flexibility index (Phi) is 5.42. The molecule has 0 saturated heterocycles. The molecule has 1 N–H and O–H groups in total. The van der Waals surface area contributed by atoms with Gasteiger partial charge in [0, 0.05) is 17.0 Å². The smallest absolute Gasteiger partial charge is 0.275 e. The molecule has 2 heterocycles. The van der Waals surface area contributed by atoms with E-state index >= 15 is 0 Å². The van der Waals surface area contributed by atoms with E-state index in [-0.39, 0.29) is 11.6 Å². The Labute approximate surface area is 207 Å². The van der Waals surface area contributed by atoms with Crippen molar-refractivity contribution in [2.75, 3.05) is 6.54 Å². The van der Waals surface area contributed by atoms with Crippen LogP contribution in [0.1, 0.15) is 48.2 Å². The van der Waals surface area contributed by atoms with Crippen LogP contribution < -0.4 is 5.32 Å². The van der Waals surface area contributed by atoms with Gasteiger partial charge in [-0.25, -0.2) is 4.68 Å². The fraction of sp³-hybridized carbons (Fsp3) is 0.333. The minimum absolute atomic E-state index is 0.237. The molecule has 4 aromatic rings. The lowest BCUT2D eigenvalue weighted by Gasteiger charge is -2.32. The number of nitrogens with zero attached hydrogens (tertiary/aromatic N) is 2. The summed E-state index contributed by atoms with van der Waals surface area (Å²) in [6, 6.07) is 11.2. The largest absolute Gasteiger partial charge is 0.452 e. The van der Waals surface area contributed by atoms with E-state index in [0.717, 1.165) is 28.8 Å². The first-order valence-corrected chi connectivity index (χ1v) is 12.6. The Hall–Kier alpha value is -2.76. The number of fused-ring (bicyclic) bond motifs is 5. The minimum atomic E-state index is -0.237. The first-order chi connectivity index (χ1) is 16.5. The Morgan fingerprint density at radius 2 is 2.12 bits per heavy atom. The van der Waals surface area contributed by atoms with Crippen LogP contribution in [0.4, 0.5) is 0 Å². The van der Waals surface area contributed by atoms with Crippen molar-refractivity contribution < 1.29 is 9.21 Å². The molecule has 2 unspecified atom stereocenters. The third-order valence-electron chi connectivity index (χ3n) is 7.09. The monoisotopic (exact) mass is 493 g/mol. The molecule has 0 radical (unpaired) electrons. The zero-order valence-corrected chi connectivity index (χ0v) is 20.4. The van der Waals surface area contributed by atoms with E-state index in [2.05, 4.69) is 16.5 Å². The normalized spacial score (nSPS) is 20.0. The number of carbonyl (C=O) groups is 1. The molecule has 2 bridgehead atoms. The van der Waals surface area contributed by atoms with Crippen LogP contribution in [0.25, 0.3) is 27.8 Å². The number of allylic oxidation sites excluding steroid dienone is 1. The number of amides is 1. The SMILES string of the molecule is Cc1ccc2c(c1)oc1c(C(=O)NCC3C=C4CCCC(C4)C3)nn(-c3ccc(Cl)cc3Cl)c12. The Balaban J connectivity index is 1.39. The van der Waals surface area contributed by atoms with Crippen molar-refractivity contribution in [1.29, 1.82) is 0 Å². The lowest BCUT2D eigenvalue weighted by atomic mass is 9.74. The summed E-state index contributed by atoms with van der Waals surface area (Å²) in [6.45, 7) is 2.62. The van der Waals surface area contributed by atoms with Crippen LogP contribution in [0.3, 0.4) is 0 Å². The number of halogens is 2. The molecule has 1 amide bonds. The van der Waals surface area contributed by atoms with E-state index in [0.29, 0.717) is 39.4 Å². The van der Waals surface area contributed by atoms with Gasteiger partial charge in [-0.05, 0) is 86.8 Å². The Morgan fingerprint density at radius 3 is 2.94 bits per heavy atom. The van der Waals surface area contributed by atoms with Crippen molar-refractivity contribution in [3.63, 3.8) is 0 Å². The van der Waals surface area contributed by atoms with Crippen molar-refractivity contribution in [2.45, 2.75) is 39.0 Å². The van der Waals surface area contributed by atoms with Crippen molar-refractivity contribution in [3.8, 4) is 5.69 Å². The highest BCUT2D eigenvalue weighted by atomic mass is 35.5. The second-order valence-corrected chi connectivity index (χ2v) is 10.5. The molecule has 7 heteroatoms. The molecule has 174 valence electrons. The molecule has 0 aliphatic heterocycles. The summed E-state index contributed by atoms with van der Waals surface area (Å²) in [7, 11) is 0. The maximum absolute atomic E-state index is 13.4. The van der Waals surface area contributed by atoms with Gasteiger partial charge in [-0.2, -0.15) is 5.10 Å². The number of benzene rings is 2. The lowest BCUT2D eigenvalue weighted by molar-refractivity contribution is 0.0942. The number of aryl methyl sites for hydroxylation is 1. The van der Waals surface area contributed by atoms with E-state index in [9.17, 15) is 4.79 Å². The number of rotatable bonds is 4. The van der Waals surface area contributed by atoms with Crippen LogP contribution in [0.5, 0.6) is 0 Å². The maximum atomic E-state index is 13.4. The molecule has 2 aromatic carbocycles. The highest BCUT2D eigenvalue weighted by Gasteiger charge is 2.28. The number of furan rings is 1. The van der Waals surface area contributed by atoms with Crippen molar-refractivity contribution in [1.82, 2.24) is 15.1 Å². The minimum Gasteiger partial charge on any atom is -0.452 e. The number of carbonyl (C=O) groups excluding carboxylic acids is 1. The van der Waals surface area contributed by atoms with Gasteiger partial charge < -0.3 is 9.73 Å². The summed E-state index contributed by atoms with van der Waals surface area (Å²) in [5.41, 5.74) is 5.43. The predicted octanol–water partition coefficient (Wildman–Crippen LogP) is 7.25. The van der Waals surface area contributed by atoms with Crippen molar-refractivity contribution in [2.24, 2.45) is 11.8 Å². The number of aromatic nitrogens is 2. The first-order valence-electron chi connectivity index (χ1n) is 11.8. The van der Waals surface area contributed by atoms with Crippen molar-refractivity contribution >= 4 is 51.2 Å². The zero-order valence-electron chi connectivity index (χ0n) is 18.9. The van der Waals surface area contributed by atoms with E-state index in [1.165, 1.54) is 25.7 Å². The van der Waals surface area contributed by atoms with Crippen LogP contribution >= 0.6 is 23.2 Å². The van der Waals surface area contributed by atoms with Gasteiger partial charge >= 0.3 is 0 Å². The van der Waals surface area contributed by atoms with Gasteiger partial charge in [-0.3, -0.25) is 4.79 Å². The van der Waals surface area contributed by atoms with Crippen LogP contribution in [0.15, 0.2) is 52.5 Å². The van der Waals surface area contributed by atoms with Crippen molar-refractivity contribution in [3.05, 3.63) is 69.3 Å². The lowest BCUT2D eigenvalue weighted by Crippen LogP contribution is -2.32. The topological polar surface area (TPSA) is 60.1 Å². The molecular weight excluding hydrogens is 469 g/mol. The second kappa shape index (κ2) is 8.47. The van der Waals surface area contributed by atoms with Gasteiger partial charge in [0.15, 0.2) is 11.3 Å². The zero-order chi connectivity index (χ0) is 23.4. The van der Waals surface area contributed by atoms with Gasteiger partial charge in [-0.1, -0.05) is 40.9 Å². The molecule has 34 heavy (non-hydrogen) atoms. The molecule has 5 nitrogen and oxygen atoms in total. The summed E-state index contributed by atoms with van der Waals surface area (Å²) in [4.78, 5) is 13.4. The quantitative estimate of drug-likeness (QED) is 0.304. The molecule has 6 rings (SSSR count). The van der Waals surface area contributed by atoms with Gasteiger partial charge in [0.1, 0.15) is 11.1 Å². The fourth-order valence-electron chi connectivity index (χ4n) is 5.56. The summed E-state index contributed by atoms with van der Waals surface area (Å²) >= 11 is 12.6. The molecule has 2 aliphatic carbocycles. The molecule has 1 fully saturated rings. The molecular formula is C27H25Cl2N3O2. The highest BCUT2D eigenvalue weighted by molar-refractivity contribution is 6.35. The molecule has 1 saturated carbocycles.